The number of fused-ring (bicyclic) bond motifs is 1. The molecule has 25 heavy (non-hydrogen) atoms. The van der Waals surface area contributed by atoms with E-state index in [1.54, 1.807) is 4.90 Å². The standard InChI is InChI=1S/C19H18ClNO3S/c20-15-6-3-4-13(8-15)11-25-12-18(22)21-9-14-5-1-2-7-16(14)17(10-21)19(23)24/h1-8,17H,9-12H2,(H,23,24). The fraction of sp³-hybridized carbons (Fsp3) is 0.263. The van der Waals surface area contributed by atoms with E-state index in [2.05, 4.69) is 0 Å². The van der Waals surface area contributed by atoms with Gasteiger partial charge in [-0.2, -0.15) is 0 Å². The highest BCUT2D eigenvalue weighted by Gasteiger charge is 2.32. The van der Waals surface area contributed by atoms with Crippen LogP contribution in [0.5, 0.6) is 0 Å². The van der Waals surface area contributed by atoms with Crippen molar-refractivity contribution >= 4 is 35.2 Å². The molecule has 130 valence electrons. The third kappa shape index (κ3) is 4.35. The first-order valence-corrected chi connectivity index (χ1v) is 9.48. The quantitative estimate of drug-likeness (QED) is 0.863. The molecule has 0 bridgehead atoms. The van der Waals surface area contributed by atoms with E-state index in [9.17, 15) is 14.7 Å². The fourth-order valence-electron chi connectivity index (χ4n) is 2.98. The third-order valence-corrected chi connectivity index (χ3v) is 5.45. The molecule has 1 amide bonds. The summed E-state index contributed by atoms with van der Waals surface area (Å²) in [6, 6.07) is 15.0. The maximum Gasteiger partial charge on any atom is 0.312 e. The molecule has 1 N–H and O–H groups in total. The highest BCUT2D eigenvalue weighted by atomic mass is 35.5. The fourth-order valence-corrected chi connectivity index (χ4v) is 4.07. The predicted octanol–water partition coefficient (Wildman–Crippen LogP) is 3.78. The molecule has 0 aliphatic carbocycles. The van der Waals surface area contributed by atoms with Crippen LogP contribution in [0.4, 0.5) is 0 Å². The Balaban J connectivity index is 1.62. The highest BCUT2D eigenvalue weighted by molar-refractivity contribution is 7.99. The van der Waals surface area contributed by atoms with Gasteiger partial charge in [0.05, 0.1) is 11.7 Å². The summed E-state index contributed by atoms with van der Waals surface area (Å²) in [6.07, 6.45) is 0. The molecule has 0 saturated carbocycles. The Bertz CT molecular complexity index is 796. The van der Waals surface area contributed by atoms with Gasteiger partial charge in [-0.05, 0) is 28.8 Å². The van der Waals surface area contributed by atoms with Crippen molar-refractivity contribution < 1.29 is 14.7 Å². The van der Waals surface area contributed by atoms with Gasteiger partial charge in [0.2, 0.25) is 5.91 Å². The molecular weight excluding hydrogens is 358 g/mol. The molecule has 3 rings (SSSR count). The summed E-state index contributed by atoms with van der Waals surface area (Å²) in [5, 5.41) is 10.2. The van der Waals surface area contributed by atoms with E-state index >= 15 is 0 Å². The molecule has 6 heteroatoms. The summed E-state index contributed by atoms with van der Waals surface area (Å²) in [5.41, 5.74) is 2.79. The molecule has 0 spiro atoms. The van der Waals surface area contributed by atoms with Crippen molar-refractivity contribution in [2.75, 3.05) is 12.3 Å². The summed E-state index contributed by atoms with van der Waals surface area (Å²) >= 11 is 7.47. The zero-order valence-electron chi connectivity index (χ0n) is 13.5. The van der Waals surface area contributed by atoms with Gasteiger partial charge in [0.1, 0.15) is 0 Å². The van der Waals surface area contributed by atoms with E-state index in [0.717, 1.165) is 16.7 Å². The maximum absolute atomic E-state index is 12.5. The minimum absolute atomic E-state index is 0.0345. The Kier molecular flexibility index (Phi) is 5.66. The van der Waals surface area contributed by atoms with E-state index in [1.807, 2.05) is 48.5 Å². The molecular formula is C19H18ClNO3S. The number of halogens is 1. The van der Waals surface area contributed by atoms with Gasteiger partial charge in [0.15, 0.2) is 0 Å². The van der Waals surface area contributed by atoms with Crippen molar-refractivity contribution in [1.82, 2.24) is 4.90 Å². The van der Waals surface area contributed by atoms with Gasteiger partial charge >= 0.3 is 5.97 Å². The number of carbonyl (C=O) groups is 2. The Morgan fingerprint density at radius 1 is 1.20 bits per heavy atom. The number of aliphatic carboxylic acids is 1. The molecule has 0 radical (unpaired) electrons. The molecule has 0 fully saturated rings. The minimum Gasteiger partial charge on any atom is -0.481 e. The minimum atomic E-state index is -0.892. The number of carboxylic acid groups (broad SMARTS) is 1. The van der Waals surface area contributed by atoms with Gasteiger partial charge in [0, 0.05) is 23.9 Å². The average Bonchev–Trinajstić information content (AvgIpc) is 2.60. The SMILES string of the molecule is O=C(O)C1CN(C(=O)CSCc2cccc(Cl)c2)Cc2ccccc21. The van der Waals surface area contributed by atoms with Crippen LogP contribution in [0.15, 0.2) is 48.5 Å². The molecule has 1 aliphatic rings. The molecule has 0 aromatic heterocycles. The zero-order valence-corrected chi connectivity index (χ0v) is 15.1. The Morgan fingerprint density at radius 2 is 2.00 bits per heavy atom. The van der Waals surface area contributed by atoms with Crippen molar-refractivity contribution in [2.45, 2.75) is 18.2 Å². The van der Waals surface area contributed by atoms with Gasteiger partial charge in [-0.25, -0.2) is 0 Å². The predicted molar refractivity (Wildman–Crippen MR) is 99.8 cm³/mol. The number of benzene rings is 2. The summed E-state index contributed by atoms with van der Waals surface area (Å²) in [5.74, 6) is -0.573. The Labute approximate surface area is 155 Å². The van der Waals surface area contributed by atoms with Crippen LogP contribution in [0, 0.1) is 0 Å². The maximum atomic E-state index is 12.5. The summed E-state index contributed by atoms with van der Waals surface area (Å²) in [4.78, 5) is 25.7. The van der Waals surface area contributed by atoms with E-state index in [-0.39, 0.29) is 12.5 Å². The Hall–Kier alpha value is -1.98. The number of rotatable bonds is 5. The molecule has 1 unspecified atom stereocenters. The second-order valence-corrected chi connectivity index (χ2v) is 7.41. The lowest BCUT2D eigenvalue weighted by molar-refractivity contribution is -0.140. The van der Waals surface area contributed by atoms with Crippen molar-refractivity contribution in [2.24, 2.45) is 0 Å². The number of carbonyl (C=O) groups excluding carboxylic acids is 1. The van der Waals surface area contributed by atoms with Gasteiger partial charge < -0.3 is 10.0 Å². The van der Waals surface area contributed by atoms with Crippen LogP contribution in [0.2, 0.25) is 5.02 Å². The number of thioether (sulfide) groups is 1. The van der Waals surface area contributed by atoms with E-state index < -0.39 is 11.9 Å². The van der Waals surface area contributed by atoms with Crippen molar-refractivity contribution in [1.29, 1.82) is 0 Å². The Morgan fingerprint density at radius 3 is 2.76 bits per heavy atom. The monoisotopic (exact) mass is 375 g/mol. The van der Waals surface area contributed by atoms with Crippen LogP contribution in [-0.4, -0.2) is 34.2 Å². The van der Waals surface area contributed by atoms with Crippen molar-refractivity contribution in [3.8, 4) is 0 Å². The smallest absolute Gasteiger partial charge is 0.312 e. The van der Waals surface area contributed by atoms with Gasteiger partial charge in [0.25, 0.3) is 0 Å². The van der Waals surface area contributed by atoms with E-state index in [1.165, 1.54) is 11.8 Å². The molecule has 1 heterocycles. The van der Waals surface area contributed by atoms with E-state index in [0.29, 0.717) is 23.1 Å². The lowest BCUT2D eigenvalue weighted by atomic mass is 9.90. The largest absolute Gasteiger partial charge is 0.481 e. The molecule has 2 aromatic rings. The summed E-state index contributed by atoms with van der Waals surface area (Å²) < 4.78 is 0. The van der Waals surface area contributed by atoms with Crippen LogP contribution < -0.4 is 0 Å². The molecule has 0 saturated heterocycles. The lowest BCUT2D eigenvalue weighted by Gasteiger charge is -2.32. The number of hydrogen-bond donors (Lipinski definition) is 1. The number of amides is 1. The molecule has 1 atom stereocenters. The second-order valence-electron chi connectivity index (χ2n) is 5.99. The first kappa shape index (κ1) is 17.8. The first-order valence-electron chi connectivity index (χ1n) is 7.95. The van der Waals surface area contributed by atoms with Crippen LogP contribution >= 0.6 is 23.4 Å². The number of carboxylic acids is 1. The van der Waals surface area contributed by atoms with Crippen molar-refractivity contribution in [3.05, 3.63) is 70.2 Å². The van der Waals surface area contributed by atoms with E-state index in [4.69, 9.17) is 11.6 Å². The number of nitrogens with zero attached hydrogens (tertiary/aromatic N) is 1. The lowest BCUT2D eigenvalue weighted by Crippen LogP contribution is -2.41. The van der Waals surface area contributed by atoms with Crippen molar-refractivity contribution in [3.63, 3.8) is 0 Å². The summed E-state index contributed by atoms with van der Waals surface area (Å²) in [6.45, 7) is 0.694. The topological polar surface area (TPSA) is 57.6 Å². The molecule has 2 aromatic carbocycles. The summed E-state index contributed by atoms with van der Waals surface area (Å²) in [7, 11) is 0. The molecule has 4 nitrogen and oxygen atoms in total. The zero-order chi connectivity index (χ0) is 17.8. The highest BCUT2D eigenvalue weighted by Crippen LogP contribution is 2.29. The first-order chi connectivity index (χ1) is 12.0. The number of hydrogen-bond acceptors (Lipinski definition) is 3. The average molecular weight is 376 g/mol. The van der Waals surface area contributed by atoms with Crippen LogP contribution in [0.25, 0.3) is 0 Å². The van der Waals surface area contributed by atoms with Crippen LogP contribution in [0.1, 0.15) is 22.6 Å². The molecule has 1 aliphatic heterocycles. The van der Waals surface area contributed by atoms with Gasteiger partial charge in [-0.3, -0.25) is 9.59 Å². The van der Waals surface area contributed by atoms with Crippen LogP contribution in [0.3, 0.4) is 0 Å². The normalized spacial score (nSPS) is 16.4. The second kappa shape index (κ2) is 7.93. The van der Waals surface area contributed by atoms with Gasteiger partial charge in [-0.1, -0.05) is 48.0 Å². The van der Waals surface area contributed by atoms with Crippen LogP contribution in [-0.2, 0) is 21.9 Å². The third-order valence-electron chi connectivity index (χ3n) is 4.23. The van der Waals surface area contributed by atoms with Gasteiger partial charge in [-0.15, -0.1) is 11.8 Å².